The van der Waals surface area contributed by atoms with Crippen LogP contribution in [-0.2, 0) is 15.0 Å². The molecule has 4 rings (SSSR count). The predicted octanol–water partition coefficient (Wildman–Crippen LogP) is 5.46. The van der Waals surface area contributed by atoms with Crippen LogP contribution in [-0.4, -0.2) is 31.7 Å². The van der Waals surface area contributed by atoms with Crippen LogP contribution in [0, 0.1) is 5.92 Å². The Kier molecular flexibility index (Phi) is 6.91. The van der Waals surface area contributed by atoms with Gasteiger partial charge in [-0.25, -0.2) is 5.43 Å². The summed E-state index contributed by atoms with van der Waals surface area (Å²) in [5, 5.41) is 8.13. The van der Waals surface area contributed by atoms with E-state index in [9.17, 15) is 4.79 Å². The Hall–Kier alpha value is -2.59. The number of nitrogens with one attached hydrogen (secondary N) is 1. The molecule has 2 aromatic rings. The van der Waals surface area contributed by atoms with Gasteiger partial charge in [0.1, 0.15) is 0 Å². The van der Waals surface area contributed by atoms with E-state index < -0.39 is 12.0 Å². The standard InChI is InChI=1S/C24H25Br2N3O5/c1-12-18(23(30)28-27-10-13-6-8-14(9-7-13)24(2,3)4)29-34-19(12)15-16(25)20(31-5)22-21(17(15)26)32-11-33-22/h6-10,12,19H,11H2,1-5H3,(H,28,30)/b27-10-/t12-,19+/m0/s1. The highest BCUT2D eigenvalue weighted by Gasteiger charge is 2.41. The summed E-state index contributed by atoms with van der Waals surface area (Å²) in [6.45, 7) is 8.42. The van der Waals surface area contributed by atoms with Gasteiger partial charge in [-0.3, -0.25) is 4.79 Å². The van der Waals surface area contributed by atoms with Crippen LogP contribution in [0.5, 0.6) is 17.2 Å². The molecule has 0 aliphatic carbocycles. The minimum atomic E-state index is -0.554. The summed E-state index contributed by atoms with van der Waals surface area (Å²) < 4.78 is 17.9. The molecule has 2 aliphatic heterocycles. The monoisotopic (exact) mass is 593 g/mol. The van der Waals surface area contributed by atoms with Gasteiger partial charge in [-0.15, -0.1) is 0 Å². The zero-order valence-electron chi connectivity index (χ0n) is 19.4. The summed E-state index contributed by atoms with van der Waals surface area (Å²) in [6.07, 6.45) is 1.04. The van der Waals surface area contributed by atoms with E-state index in [-0.39, 0.29) is 23.8 Å². The quantitative estimate of drug-likeness (QED) is 0.367. The molecule has 0 spiro atoms. The SMILES string of the molecule is COc1c(Br)c([C@@H]2ON=C(C(=O)N/N=C\c3ccc(C(C)(C)C)cc3)[C@@H]2C)c(Br)c2c1OCO2. The highest BCUT2D eigenvalue weighted by molar-refractivity contribution is 9.11. The van der Waals surface area contributed by atoms with Crippen LogP contribution in [0.15, 0.2) is 43.5 Å². The number of ether oxygens (including phenoxy) is 3. The summed E-state index contributed by atoms with van der Waals surface area (Å²) in [5.74, 6) is 0.711. The van der Waals surface area contributed by atoms with Gasteiger partial charge in [0.05, 0.1) is 28.2 Å². The average molecular weight is 595 g/mol. The smallest absolute Gasteiger partial charge is 0.289 e. The summed E-state index contributed by atoms with van der Waals surface area (Å²) in [7, 11) is 1.54. The van der Waals surface area contributed by atoms with E-state index in [1.807, 2.05) is 19.1 Å². The number of oxime groups is 1. The molecular formula is C24H25Br2N3O5. The molecule has 1 N–H and O–H groups in total. The van der Waals surface area contributed by atoms with Gasteiger partial charge in [0.15, 0.2) is 23.3 Å². The van der Waals surface area contributed by atoms with Crippen molar-refractivity contribution in [3.63, 3.8) is 0 Å². The third-order valence-corrected chi connectivity index (χ3v) is 7.29. The molecule has 0 saturated heterocycles. The maximum Gasteiger partial charge on any atom is 0.289 e. The summed E-state index contributed by atoms with van der Waals surface area (Å²) in [5.41, 5.74) is 5.67. The highest BCUT2D eigenvalue weighted by Crippen LogP contribution is 2.55. The third kappa shape index (κ3) is 4.53. The maximum absolute atomic E-state index is 12.8. The number of benzene rings is 2. The van der Waals surface area contributed by atoms with Crippen LogP contribution < -0.4 is 19.6 Å². The zero-order valence-corrected chi connectivity index (χ0v) is 22.6. The first-order valence-electron chi connectivity index (χ1n) is 10.7. The molecule has 2 aliphatic rings. The maximum atomic E-state index is 12.8. The van der Waals surface area contributed by atoms with Crippen molar-refractivity contribution in [2.24, 2.45) is 16.2 Å². The zero-order chi connectivity index (χ0) is 24.6. The van der Waals surface area contributed by atoms with Crippen LogP contribution in [0.1, 0.15) is 50.5 Å². The fraction of sp³-hybridized carbons (Fsp3) is 0.375. The molecule has 34 heavy (non-hydrogen) atoms. The van der Waals surface area contributed by atoms with E-state index >= 15 is 0 Å². The lowest BCUT2D eigenvalue weighted by atomic mass is 9.87. The summed E-state index contributed by atoms with van der Waals surface area (Å²) in [4.78, 5) is 18.4. The number of fused-ring (bicyclic) bond motifs is 1. The number of hydrogen-bond acceptors (Lipinski definition) is 7. The number of halogens is 2. The van der Waals surface area contributed by atoms with Crippen LogP contribution >= 0.6 is 31.9 Å². The van der Waals surface area contributed by atoms with Crippen molar-refractivity contribution in [3.8, 4) is 17.2 Å². The van der Waals surface area contributed by atoms with Crippen LogP contribution in [0.4, 0.5) is 0 Å². The fourth-order valence-corrected chi connectivity index (χ4v) is 5.51. The average Bonchev–Trinajstić information content (AvgIpc) is 3.42. The molecular weight excluding hydrogens is 570 g/mol. The molecule has 8 nitrogen and oxygen atoms in total. The summed E-state index contributed by atoms with van der Waals surface area (Å²) in [6, 6.07) is 8.04. The topological polar surface area (TPSA) is 90.7 Å². The van der Waals surface area contributed by atoms with Gasteiger partial charge in [0, 0.05) is 5.56 Å². The van der Waals surface area contributed by atoms with Gasteiger partial charge in [-0.1, -0.05) is 57.1 Å². The Morgan fingerprint density at radius 2 is 1.85 bits per heavy atom. The van der Waals surface area contributed by atoms with Crippen LogP contribution in [0.2, 0.25) is 0 Å². The van der Waals surface area contributed by atoms with Gasteiger partial charge in [-0.2, -0.15) is 5.10 Å². The second-order valence-corrected chi connectivity index (χ2v) is 10.6. The Balaban J connectivity index is 1.47. The Morgan fingerprint density at radius 1 is 1.18 bits per heavy atom. The number of carbonyl (C=O) groups excluding carboxylic acids is 1. The molecule has 2 aromatic carbocycles. The Bertz CT molecular complexity index is 1170. The molecule has 180 valence electrons. The first-order valence-corrected chi connectivity index (χ1v) is 12.2. The minimum absolute atomic E-state index is 0.0726. The number of carbonyl (C=O) groups is 1. The molecule has 0 bridgehead atoms. The molecule has 0 radical (unpaired) electrons. The van der Waals surface area contributed by atoms with Gasteiger partial charge >= 0.3 is 0 Å². The largest absolute Gasteiger partial charge is 0.492 e. The van der Waals surface area contributed by atoms with Crippen molar-refractivity contribution in [2.45, 2.75) is 39.2 Å². The van der Waals surface area contributed by atoms with Crippen molar-refractivity contribution >= 4 is 49.7 Å². The highest BCUT2D eigenvalue weighted by atomic mass is 79.9. The number of hydrazone groups is 1. The van der Waals surface area contributed by atoms with Gasteiger partial charge in [-0.05, 0) is 48.4 Å². The second-order valence-electron chi connectivity index (χ2n) is 9.00. The molecule has 0 aromatic heterocycles. The first kappa shape index (κ1) is 24.5. The van der Waals surface area contributed by atoms with Gasteiger partial charge in [0.25, 0.3) is 5.91 Å². The molecule has 0 unspecified atom stereocenters. The van der Waals surface area contributed by atoms with Crippen molar-refractivity contribution < 1.29 is 23.8 Å². The number of methoxy groups -OCH3 is 1. The molecule has 10 heteroatoms. The third-order valence-electron chi connectivity index (χ3n) is 5.72. The van der Waals surface area contributed by atoms with Crippen molar-refractivity contribution in [1.29, 1.82) is 0 Å². The minimum Gasteiger partial charge on any atom is -0.492 e. The van der Waals surface area contributed by atoms with E-state index in [0.29, 0.717) is 31.8 Å². The summed E-state index contributed by atoms with van der Waals surface area (Å²) >= 11 is 7.16. The Labute approximate surface area is 214 Å². The van der Waals surface area contributed by atoms with E-state index in [1.165, 1.54) is 5.56 Å². The van der Waals surface area contributed by atoms with Crippen LogP contribution in [0.3, 0.4) is 0 Å². The molecule has 0 saturated carbocycles. The van der Waals surface area contributed by atoms with Gasteiger partial charge < -0.3 is 19.0 Å². The fourth-order valence-electron chi connectivity index (χ4n) is 3.76. The van der Waals surface area contributed by atoms with Crippen molar-refractivity contribution in [2.75, 3.05) is 13.9 Å². The van der Waals surface area contributed by atoms with Gasteiger partial charge in [0.2, 0.25) is 12.5 Å². The van der Waals surface area contributed by atoms with Crippen LogP contribution in [0.25, 0.3) is 0 Å². The Morgan fingerprint density at radius 3 is 2.50 bits per heavy atom. The number of rotatable bonds is 5. The molecule has 1 amide bonds. The predicted molar refractivity (Wildman–Crippen MR) is 136 cm³/mol. The van der Waals surface area contributed by atoms with E-state index in [0.717, 1.165) is 5.56 Å². The number of hydrogen-bond donors (Lipinski definition) is 1. The normalized spacial score (nSPS) is 19.2. The van der Waals surface area contributed by atoms with Crippen molar-refractivity contribution in [1.82, 2.24) is 5.43 Å². The lowest BCUT2D eigenvalue weighted by molar-refractivity contribution is -0.115. The number of amides is 1. The molecule has 2 heterocycles. The van der Waals surface area contributed by atoms with E-state index in [4.69, 9.17) is 19.0 Å². The number of nitrogens with zero attached hydrogens (tertiary/aromatic N) is 2. The lowest BCUT2D eigenvalue weighted by Crippen LogP contribution is -2.31. The van der Waals surface area contributed by atoms with E-state index in [1.54, 1.807) is 13.3 Å². The van der Waals surface area contributed by atoms with Crippen molar-refractivity contribution in [3.05, 3.63) is 49.9 Å². The first-order chi connectivity index (χ1) is 16.1. The molecule has 0 fully saturated rings. The second kappa shape index (κ2) is 9.58. The lowest BCUT2D eigenvalue weighted by Gasteiger charge is -2.20. The van der Waals surface area contributed by atoms with E-state index in [2.05, 4.69) is 80.4 Å². The molecule has 2 atom stereocenters.